The molecule has 0 amide bonds. The van der Waals surface area contributed by atoms with Crippen LogP contribution in [0.2, 0.25) is 10.0 Å². The number of carboxylic acid groups (broad SMARTS) is 1. The largest absolute Gasteiger partial charge is 0.487 e. The van der Waals surface area contributed by atoms with E-state index in [-0.39, 0.29) is 18.2 Å². The smallest absolute Gasteiger partial charge is 0.339 e. The van der Waals surface area contributed by atoms with Crippen molar-refractivity contribution < 1.29 is 14.6 Å². The third-order valence-corrected chi connectivity index (χ3v) is 5.54. The number of hydrogen-bond donors (Lipinski definition) is 1. The topological polar surface area (TPSA) is 75.5 Å². The van der Waals surface area contributed by atoms with Gasteiger partial charge in [-0.05, 0) is 54.8 Å². The van der Waals surface area contributed by atoms with Crippen LogP contribution in [0.1, 0.15) is 40.5 Å². The van der Waals surface area contributed by atoms with Crippen molar-refractivity contribution in [2.24, 2.45) is 0 Å². The average molecular weight is 444 g/mol. The first-order chi connectivity index (χ1) is 14.5. The number of aromatic carboxylic acids is 1. The Kier molecular flexibility index (Phi) is 6.06. The molecule has 1 atom stereocenters. The van der Waals surface area contributed by atoms with Gasteiger partial charge in [-0.15, -0.1) is 0 Å². The zero-order valence-electron chi connectivity index (χ0n) is 16.0. The van der Waals surface area contributed by atoms with Crippen molar-refractivity contribution in [1.29, 1.82) is 0 Å². The van der Waals surface area contributed by atoms with E-state index < -0.39 is 5.97 Å². The van der Waals surface area contributed by atoms with Crippen LogP contribution in [0.4, 0.5) is 5.95 Å². The molecule has 30 heavy (non-hydrogen) atoms. The Balaban J connectivity index is 1.60. The Hall–Kier alpha value is -2.83. The Labute approximate surface area is 184 Å². The lowest BCUT2D eigenvalue weighted by Crippen LogP contribution is -2.26. The molecule has 154 valence electrons. The molecule has 3 aromatic rings. The second-order valence-electron chi connectivity index (χ2n) is 6.98. The van der Waals surface area contributed by atoms with Crippen LogP contribution in [0.3, 0.4) is 0 Å². The molecule has 1 fully saturated rings. The Morgan fingerprint density at radius 1 is 1.10 bits per heavy atom. The van der Waals surface area contributed by atoms with E-state index in [1.807, 2.05) is 24.3 Å². The second-order valence-corrected chi connectivity index (χ2v) is 7.85. The highest BCUT2D eigenvalue weighted by Crippen LogP contribution is 2.35. The molecule has 0 saturated carbocycles. The number of carboxylic acids is 1. The molecule has 8 heteroatoms. The van der Waals surface area contributed by atoms with Crippen LogP contribution in [0.25, 0.3) is 0 Å². The number of rotatable bonds is 6. The molecule has 0 aliphatic carbocycles. The number of ether oxygens (including phenoxy) is 1. The second kappa shape index (κ2) is 8.90. The van der Waals surface area contributed by atoms with E-state index in [2.05, 4.69) is 14.9 Å². The fourth-order valence-electron chi connectivity index (χ4n) is 3.55. The van der Waals surface area contributed by atoms with E-state index in [9.17, 15) is 9.90 Å². The van der Waals surface area contributed by atoms with E-state index in [1.165, 1.54) is 6.20 Å². The predicted molar refractivity (Wildman–Crippen MR) is 116 cm³/mol. The van der Waals surface area contributed by atoms with Crippen LogP contribution in [-0.4, -0.2) is 27.6 Å². The van der Waals surface area contributed by atoms with Crippen molar-refractivity contribution in [2.45, 2.75) is 25.5 Å². The van der Waals surface area contributed by atoms with E-state index in [4.69, 9.17) is 27.9 Å². The number of nitrogens with zero attached hydrogens (tertiary/aromatic N) is 3. The molecule has 0 spiro atoms. The van der Waals surface area contributed by atoms with Crippen LogP contribution in [0, 0.1) is 0 Å². The lowest BCUT2D eigenvalue weighted by Gasteiger charge is -2.25. The monoisotopic (exact) mass is 443 g/mol. The van der Waals surface area contributed by atoms with Crippen LogP contribution < -0.4 is 9.64 Å². The van der Waals surface area contributed by atoms with Gasteiger partial charge >= 0.3 is 5.97 Å². The summed E-state index contributed by atoms with van der Waals surface area (Å²) in [6.45, 7) is 0.801. The molecule has 1 aliphatic heterocycles. The predicted octanol–water partition coefficient (Wildman–Crippen LogP) is 5.40. The Morgan fingerprint density at radius 2 is 1.77 bits per heavy atom. The summed E-state index contributed by atoms with van der Waals surface area (Å²) >= 11 is 11.9. The maximum atomic E-state index is 11.6. The SMILES string of the molecule is O=C(O)c1cnc(N2CCCC2c2ccc(Cl)cc2)nc1COc1ccc(Cl)cc1. The third kappa shape index (κ3) is 4.50. The molecule has 1 unspecified atom stereocenters. The highest BCUT2D eigenvalue weighted by molar-refractivity contribution is 6.30. The minimum atomic E-state index is -1.09. The highest BCUT2D eigenvalue weighted by Gasteiger charge is 2.29. The van der Waals surface area contributed by atoms with Crippen LogP contribution in [-0.2, 0) is 6.61 Å². The van der Waals surface area contributed by atoms with Gasteiger partial charge in [0.2, 0.25) is 5.95 Å². The summed E-state index contributed by atoms with van der Waals surface area (Å²) in [7, 11) is 0. The van der Waals surface area contributed by atoms with E-state index in [1.54, 1.807) is 24.3 Å². The summed E-state index contributed by atoms with van der Waals surface area (Å²) in [5.41, 5.74) is 1.47. The Morgan fingerprint density at radius 3 is 2.43 bits per heavy atom. The van der Waals surface area contributed by atoms with Crippen molar-refractivity contribution in [3.63, 3.8) is 0 Å². The fraction of sp³-hybridized carbons (Fsp3) is 0.227. The summed E-state index contributed by atoms with van der Waals surface area (Å²) in [6, 6.07) is 14.7. The van der Waals surface area contributed by atoms with Gasteiger partial charge in [0.15, 0.2) is 0 Å². The summed E-state index contributed by atoms with van der Waals surface area (Å²) in [5.74, 6) is -0.0183. The highest BCUT2D eigenvalue weighted by atomic mass is 35.5. The molecule has 0 radical (unpaired) electrons. The molecular weight excluding hydrogens is 425 g/mol. The van der Waals surface area contributed by atoms with Crippen molar-refractivity contribution in [3.8, 4) is 5.75 Å². The molecule has 1 saturated heterocycles. The zero-order chi connectivity index (χ0) is 21.1. The fourth-order valence-corrected chi connectivity index (χ4v) is 3.81. The number of anilines is 1. The first kappa shape index (κ1) is 20.4. The summed E-state index contributed by atoms with van der Waals surface area (Å²) in [4.78, 5) is 22.6. The zero-order valence-corrected chi connectivity index (χ0v) is 17.5. The van der Waals surface area contributed by atoms with Gasteiger partial charge < -0.3 is 14.7 Å². The molecule has 1 N–H and O–H groups in total. The van der Waals surface area contributed by atoms with Crippen molar-refractivity contribution in [2.75, 3.05) is 11.4 Å². The number of benzene rings is 2. The van der Waals surface area contributed by atoms with Gasteiger partial charge in [0, 0.05) is 22.8 Å². The molecule has 2 heterocycles. The van der Waals surface area contributed by atoms with Crippen LogP contribution >= 0.6 is 23.2 Å². The molecule has 4 rings (SSSR count). The Bertz CT molecular complexity index is 1040. The average Bonchev–Trinajstić information content (AvgIpc) is 3.23. The quantitative estimate of drug-likeness (QED) is 0.549. The van der Waals surface area contributed by atoms with Crippen LogP contribution in [0.15, 0.2) is 54.7 Å². The van der Waals surface area contributed by atoms with E-state index in [0.29, 0.717) is 27.4 Å². The maximum Gasteiger partial charge on any atom is 0.339 e. The minimum absolute atomic E-state index is 0.0121. The van der Waals surface area contributed by atoms with Gasteiger partial charge in [-0.3, -0.25) is 0 Å². The molecule has 1 aliphatic rings. The van der Waals surface area contributed by atoms with Gasteiger partial charge in [-0.1, -0.05) is 35.3 Å². The first-order valence-electron chi connectivity index (χ1n) is 9.51. The molecular formula is C22H19Cl2N3O3. The molecule has 2 aromatic carbocycles. The molecule has 6 nitrogen and oxygen atoms in total. The minimum Gasteiger partial charge on any atom is -0.487 e. The lowest BCUT2D eigenvalue weighted by atomic mass is 10.1. The molecule has 0 bridgehead atoms. The lowest BCUT2D eigenvalue weighted by molar-refractivity contribution is 0.0692. The van der Waals surface area contributed by atoms with E-state index in [0.717, 1.165) is 24.9 Å². The van der Waals surface area contributed by atoms with Crippen molar-refractivity contribution in [3.05, 3.63) is 81.6 Å². The van der Waals surface area contributed by atoms with Gasteiger partial charge in [-0.25, -0.2) is 14.8 Å². The van der Waals surface area contributed by atoms with E-state index >= 15 is 0 Å². The number of halogens is 2. The number of carbonyl (C=O) groups is 1. The van der Waals surface area contributed by atoms with Gasteiger partial charge in [0.1, 0.15) is 17.9 Å². The maximum absolute atomic E-state index is 11.6. The van der Waals surface area contributed by atoms with Crippen molar-refractivity contribution >= 4 is 35.1 Å². The normalized spacial score (nSPS) is 15.9. The molecule has 1 aromatic heterocycles. The summed E-state index contributed by atoms with van der Waals surface area (Å²) in [6.07, 6.45) is 3.30. The van der Waals surface area contributed by atoms with Gasteiger partial charge in [0.05, 0.1) is 11.7 Å². The van der Waals surface area contributed by atoms with Gasteiger partial charge in [0.25, 0.3) is 0 Å². The van der Waals surface area contributed by atoms with Crippen LogP contribution in [0.5, 0.6) is 5.75 Å². The van der Waals surface area contributed by atoms with Crippen molar-refractivity contribution in [1.82, 2.24) is 9.97 Å². The third-order valence-electron chi connectivity index (χ3n) is 5.04. The first-order valence-corrected chi connectivity index (χ1v) is 10.3. The number of hydrogen-bond acceptors (Lipinski definition) is 5. The summed E-state index contributed by atoms with van der Waals surface area (Å²) < 4.78 is 5.73. The standard InChI is InChI=1S/C22H19Cl2N3O3/c23-15-5-3-14(4-6-15)20-2-1-11-27(20)22-25-12-18(21(28)29)19(26-22)13-30-17-9-7-16(24)8-10-17/h3-10,12,20H,1-2,11,13H2,(H,28,29). The summed E-state index contributed by atoms with van der Waals surface area (Å²) in [5, 5.41) is 10.8. The number of aromatic nitrogens is 2. The van der Waals surface area contributed by atoms with Gasteiger partial charge in [-0.2, -0.15) is 0 Å².